The topological polar surface area (TPSA) is 92.8 Å². The highest BCUT2D eigenvalue weighted by molar-refractivity contribution is 6.30. The van der Waals surface area contributed by atoms with E-state index in [9.17, 15) is 4.79 Å². The number of carbonyl (C=O) groups excluding carboxylic acids is 1. The third-order valence-electron chi connectivity index (χ3n) is 4.98. The van der Waals surface area contributed by atoms with Gasteiger partial charge in [0.25, 0.3) is 0 Å². The predicted octanol–water partition coefficient (Wildman–Crippen LogP) is 5.80. The zero-order valence-electron chi connectivity index (χ0n) is 18.3. The maximum Gasteiger partial charge on any atom is 0.317 e. The number of halogens is 1. The molecule has 8 heteroatoms. The monoisotopic (exact) mass is 449 g/mol. The predicted molar refractivity (Wildman–Crippen MR) is 126 cm³/mol. The molecule has 7 nitrogen and oxygen atoms in total. The van der Waals surface area contributed by atoms with Crippen LogP contribution in [0.5, 0.6) is 5.88 Å². The first-order chi connectivity index (χ1) is 15.2. The number of esters is 1. The highest BCUT2D eigenvalue weighted by Gasteiger charge is 2.25. The minimum absolute atomic E-state index is 0.0192. The van der Waals surface area contributed by atoms with Gasteiger partial charge in [0, 0.05) is 5.02 Å². The van der Waals surface area contributed by atoms with Gasteiger partial charge >= 0.3 is 5.97 Å². The molecule has 0 spiro atoms. The Morgan fingerprint density at radius 2 is 1.94 bits per heavy atom. The molecule has 0 unspecified atom stereocenters. The van der Waals surface area contributed by atoms with Gasteiger partial charge in [0.05, 0.1) is 40.4 Å². The standard InChI is InChI=1S/C24H24ClN5O2/c1-14(15-6-5-7-17(25)10-15)28-21-13-26-20-11-16(8-9-19(20)29-21)18-12-27-30-22(18)32-23(31)24(2,3)4/h5-14H,1-4H3,(H,27,30)(H,28,29)/t14-/m1/s1. The number of anilines is 1. The summed E-state index contributed by atoms with van der Waals surface area (Å²) in [7, 11) is 0. The quantitative estimate of drug-likeness (QED) is 0.374. The van der Waals surface area contributed by atoms with Crippen molar-refractivity contribution >= 4 is 34.4 Å². The number of H-pyrrole nitrogens is 1. The number of fused-ring (bicyclic) bond motifs is 1. The molecule has 0 aliphatic carbocycles. The van der Waals surface area contributed by atoms with Crippen molar-refractivity contribution in [1.29, 1.82) is 0 Å². The number of nitrogens with zero attached hydrogens (tertiary/aromatic N) is 3. The maximum absolute atomic E-state index is 12.3. The largest absolute Gasteiger partial charge is 0.407 e. The molecule has 2 aromatic carbocycles. The van der Waals surface area contributed by atoms with Crippen LogP contribution < -0.4 is 10.1 Å². The number of aromatic amines is 1. The molecular formula is C24H24ClN5O2. The second-order valence-corrected chi connectivity index (χ2v) is 9.07. The van der Waals surface area contributed by atoms with E-state index in [4.69, 9.17) is 16.3 Å². The van der Waals surface area contributed by atoms with E-state index in [1.165, 1.54) is 0 Å². The lowest BCUT2D eigenvalue weighted by atomic mass is 9.97. The fourth-order valence-electron chi connectivity index (χ4n) is 3.13. The Labute approximate surface area is 191 Å². The number of aromatic nitrogens is 4. The van der Waals surface area contributed by atoms with Crippen molar-refractivity contribution < 1.29 is 9.53 Å². The van der Waals surface area contributed by atoms with Crippen molar-refractivity contribution in [2.45, 2.75) is 33.7 Å². The Balaban J connectivity index is 1.57. The van der Waals surface area contributed by atoms with Crippen LogP contribution in [0.25, 0.3) is 22.2 Å². The number of benzene rings is 2. The van der Waals surface area contributed by atoms with Crippen molar-refractivity contribution in [3.63, 3.8) is 0 Å². The van der Waals surface area contributed by atoms with E-state index in [1.807, 2.05) is 49.4 Å². The summed E-state index contributed by atoms with van der Waals surface area (Å²) in [6, 6.07) is 13.4. The molecule has 0 bridgehead atoms. The van der Waals surface area contributed by atoms with Gasteiger partial charge in [-0.1, -0.05) is 29.8 Å². The molecule has 4 aromatic rings. The molecule has 1 atom stereocenters. The van der Waals surface area contributed by atoms with Crippen LogP contribution in [0.3, 0.4) is 0 Å². The third kappa shape index (κ3) is 4.73. The van der Waals surface area contributed by atoms with E-state index in [0.29, 0.717) is 22.3 Å². The molecule has 0 saturated heterocycles. The van der Waals surface area contributed by atoms with Crippen LogP contribution in [0.15, 0.2) is 54.9 Å². The summed E-state index contributed by atoms with van der Waals surface area (Å²) < 4.78 is 5.52. The van der Waals surface area contributed by atoms with Gasteiger partial charge in [-0.15, -0.1) is 0 Å². The van der Waals surface area contributed by atoms with Crippen molar-refractivity contribution in [3.8, 4) is 17.0 Å². The molecular weight excluding hydrogens is 426 g/mol. The maximum atomic E-state index is 12.3. The van der Waals surface area contributed by atoms with Crippen LogP contribution in [-0.4, -0.2) is 26.1 Å². The number of carbonyl (C=O) groups is 1. The van der Waals surface area contributed by atoms with Crippen LogP contribution in [0, 0.1) is 5.41 Å². The minimum Gasteiger partial charge on any atom is -0.407 e. The SMILES string of the molecule is C[C@@H](Nc1cnc2cc(-c3cn[nH]c3OC(=O)C(C)(C)C)ccc2n1)c1cccc(Cl)c1. The Bertz CT molecular complexity index is 1280. The number of ether oxygens (including phenoxy) is 1. The van der Waals surface area contributed by atoms with E-state index in [2.05, 4.69) is 25.5 Å². The van der Waals surface area contributed by atoms with E-state index >= 15 is 0 Å². The number of nitrogens with one attached hydrogen (secondary N) is 2. The molecule has 0 aliphatic heterocycles. The lowest BCUT2D eigenvalue weighted by Gasteiger charge is -2.16. The van der Waals surface area contributed by atoms with Gasteiger partial charge in [-0.3, -0.25) is 9.78 Å². The van der Waals surface area contributed by atoms with E-state index in [0.717, 1.165) is 22.2 Å². The van der Waals surface area contributed by atoms with Crippen molar-refractivity contribution in [2.75, 3.05) is 5.32 Å². The minimum atomic E-state index is -0.622. The van der Waals surface area contributed by atoms with Gasteiger partial charge in [0.15, 0.2) is 0 Å². The van der Waals surface area contributed by atoms with Gasteiger partial charge in [0.1, 0.15) is 5.82 Å². The summed E-state index contributed by atoms with van der Waals surface area (Å²) in [5, 5.41) is 10.8. The van der Waals surface area contributed by atoms with Crippen molar-refractivity contribution in [2.24, 2.45) is 5.41 Å². The molecule has 164 valence electrons. The lowest BCUT2D eigenvalue weighted by molar-refractivity contribution is -0.143. The third-order valence-corrected chi connectivity index (χ3v) is 5.21. The fourth-order valence-corrected chi connectivity index (χ4v) is 3.33. The smallest absolute Gasteiger partial charge is 0.317 e. The van der Waals surface area contributed by atoms with Crippen LogP contribution in [0.2, 0.25) is 5.02 Å². The number of rotatable bonds is 5. The Kier molecular flexibility index (Phi) is 5.84. The first-order valence-corrected chi connectivity index (χ1v) is 10.6. The molecule has 4 rings (SSSR count). The summed E-state index contributed by atoms with van der Waals surface area (Å²) in [4.78, 5) is 21.5. The van der Waals surface area contributed by atoms with Crippen LogP contribution in [-0.2, 0) is 4.79 Å². The number of hydrogen-bond donors (Lipinski definition) is 2. The van der Waals surface area contributed by atoms with Gasteiger partial charge in [0.2, 0.25) is 5.88 Å². The zero-order chi connectivity index (χ0) is 22.9. The van der Waals surface area contributed by atoms with Gasteiger partial charge in [-0.25, -0.2) is 10.1 Å². The molecule has 0 fully saturated rings. The second kappa shape index (κ2) is 8.59. The average Bonchev–Trinajstić information content (AvgIpc) is 3.21. The molecule has 0 amide bonds. The first kappa shape index (κ1) is 21.8. The normalized spacial score (nSPS) is 12.5. The van der Waals surface area contributed by atoms with Crippen molar-refractivity contribution in [3.05, 3.63) is 65.4 Å². The molecule has 0 saturated carbocycles. The van der Waals surface area contributed by atoms with E-state index in [-0.39, 0.29) is 12.0 Å². The number of hydrogen-bond acceptors (Lipinski definition) is 6. The van der Waals surface area contributed by atoms with Crippen molar-refractivity contribution in [1.82, 2.24) is 20.2 Å². The second-order valence-electron chi connectivity index (χ2n) is 8.63. The zero-order valence-corrected chi connectivity index (χ0v) is 19.1. The Morgan fingerprint density at radius 1 is 1.12 bits per heavy atom. The molecule has 0 radical (unpaired) electrons. The average molecular weight is 450 g/mol. The molecule has 2 heterocycles. The summed E-state index contributed by atoms with van der Waals surface area (Å²) in [5.41, 5.74) is 3.41. The highest BCUT2D eigenvalue weighted by Crippen LogP contribution is 2.31. The summed E-state index contributed by atoms with van der Waals surface area (Å²) in [6.45, 7) is 7.45. The molecule has 2 N–H and O–H groups in total. The van der Waals surface area contributed by atoms with E-state index in [1.54, 1.807) is 33.2 Å². The molecule has 32 heavy (non-hydrogen) atoms. The summed E-state index contributed by atoms with van der Waals surface area (Å²) >= 11 is 6.10. The molecule has 0 aliphatic rings. The first-order valence-electron chi connectivity index (χ1n) is 10.3. The van der Waals surface area contributed by atoms with Gasteiger partial charge < -0.3 is 10.1 Å². The van der Waals surface area contributed by atoms with Crippen LogP contribution in [0.1, 0.15) is 39.3 Å². The summed E-state index contributed by atoms with van der Waals surface area (Å²) in [5.74, 6) is 0.639. The fraction of sp³-hybridized carbons (Fsp3) is 0.250. The Hall–Kier alpha value is -3.45. The van der Waals surface area contributed by atoms with E-state index < -0.39 is 5.41 Å². The Morgan fingerprint density at radius 3 is 2.69 bits per heavy atom. The van der Waals surface area contributed by atoms with Gasteiger partial charge in [-0.05, 0) is 63.1 Å². The van der Waals surface area contributed by atoms with Crippen LogP contribution >= 0.6 is 11.6 Å². The van der Waals surface area contributed by atoms with Gasteiger partial charge in [-0.2, -0.15) is 5.10 Å². The lowest BCUT2D eigenvalue weighted by Crippen LogP contribution is -2.25. The van der Waals surface area contributed by atoms with Crippen LogP contribution in [0.4, 0.5) is 5.82 Å². The summed E-state index contributed by atoms with van der Waals surface area (Å²) in [6.07, 6.45) is 3.32. The highest BCUT2D eigenvalue weighted by atomic mass is 35.5. The molecule has 2 aromatic heterocycles.